The van der Waals surface area contributed by atoms with E-state index < -0.39 is 5.97 Å². The highest BCUT2D eigenvalue weighted by atomic mass is 16.4. The highest BCUT2D eigenvalue weighted by molar-refractivity contribution is 5.91. The first kappa shape index (κ1) is 10.5. The van der Waals surface area contributed by atoms with Crippen LogP contribution in [-0.2, 0) is 0 Å². The maximum atomic E-state index is 11.1. The Morgan fingerprint density at radius 1 is 1.22 bits per heavy atom. The van der Waals surface area contributed by atoms with E-state index in [4.69, 9.17) is 5.11 Å². The predicted molar refractivity (Wildman–Crippen MR) is 65.4 cm³/mol. The number of fused-ring (bicyclic) bond motifs is 1. The Morgan fingerprint density at radius 2 is 2.00 bits per heavy atom. The Bertz CT molecular complexity index is 719. The van der Waals surface area contributed by atoms with Gasteiger partial charge in [-0.3, -0.25) is 4.40 Å². The van der Waals surface area contributed by atoms with Crippen molar-refractivity contribution >= 4 is 11.6 Å². The minimum atomic E-state index is -0.970. The number of aromatic carboxylic acids is 1. The van der Waals surface area contributed by atoms with Crippen LogP contribution in [0.15, 0.2) is 48.9 Å². The lowest BCUT2D eigenvalue weighted by molar-refractivity contribution is 0.0696. The summed E-state index contributed by atoms with van der Waals surface area (Å²) in [6.07, 6.45) is 3.00. The molecule has 5 nitrogen and oxygen atoms in total. The second-order valence-electron chi connectivity index (χ2n) is 3.88. The lowest BCUT2D eigenvalue weighted by Gasteiger charge is -2.05. The Hall–Kier alpha value is -2.69. The molecule has 88 valence electrons. The fourth-order valence-electron chi connectivity index (χ4n) is 1.88. The Kier molecular flexibility index (Phi) is 2.30. The van der Waals surface area contributed by atoms with Crippen LogP contribution in [0.5, 0.6) is 0 Å². The number of benzene rings is 1. The van der Waals surface area contributed by atoms with Gasteiger partial charge in [0, 0.05) is 11.8 Å². The van der Waals surface area contributed by atoms with Crippen LogP contribution in [0, 0.1) is 0 Å². The van der Waals surface area contributed by atoms with Crippen molar-refractivity contribution in [3.63, 3.8) is 0 Å². The summed E-state index contributed by atoms with van der Waals surface area (Å²) in [6.45, 7) is 0. The molecule has 2 heterocycles. The molecule has 3 aromatic rings. The minimum Gasteiger partial charge on any atom is -0.478 e. The molecule has 0 unspecified atom stereocenters. The van der Waals surface area contributed by atoms with Gasteiger partial charge in [-0.1, -0.05) is 30.3 Å². The zero-order valence-corrected chi connectivity index (χ0v) is 9.32. The highest BCUT2D eigenvalue weighted by Gasteiger charge is 2.11. The van der Waals surface area contributed by atoms with Crippen LogP contribution in [0.3, 0.4) is 0 Å². The number of pyridine rings is 1. The van der Waals surface area contributed by atoms with Crippen LogP contribution in [0.4, 0.5) is 0 Å². The topological polar surface area (TPSA) is 67.5 Å². The van der Waals surface area contributed by atoms with Crippen LogP contribution in [0.25, 0.3) is 16.8 Å². The number of aromatic nitrogens is 3. The third-order valence-corrected chi connectivity index (χ3v) is 2.72. The first-order valence-electron chi connectivity index (χ1n) is 5.38. The SMILES string of the molecule is O=C(O)c1cc(-c2ccccc2)c2nncn2c1. The molecular weight excluding hydrogens is 230 g/mol. The van der Waals surface area contributed by atoms with E-state index in [1.165, 1.54) is 12.5 Å². The average Bonchev–Trinajstić information content (AvgIpc) is 2.86. The molecule has 0 aliphatic carbocycles. The lowest BCUT2D eigenvalue weighted by atomic mass is 10.1. The average molecular weight is 239 g/mol. The molecule has 0 aliphatic rings. The molecule has 0 saturated carbocycles. The monoisotopic (exact) mass is 239 g/mol. The molecule has 0 bridgehead atoms. The van der Waals surface area contributed by atoms with Crippen molar-refractivity contribution in [3.8, 4) is 11.1 Å². The predicted octanol–water partition coefficient (Wildman–Crippen LogP) is 2.09. The summed E-state index contributed by atoms with van der Waals surface area (Å²) < 4.78 is 1.62. The largest absolute Gasteiger partial charge is 0.478 e. The summed E-state index contributed by atoms with van der Waals surface area (Å²) in [5, 5.41) is 16.9. The van der Waals surface area contributed by atoms with Crippen molar-refractivity contribution in [2.45, 2.75) is 0 Å². The van der Waals surface area contributed by atoms with E-state index in [2.05, 4.69) is 10.2 Å². The van der Waals surface area contributed by atoms with Crippen LogP contribution in [-0.4, -0.2) is 25.7 Å². The summed E-state index contributed by atoms with van der Waals surface area (Å²) >= 11 is 0. The number of carboxylic acid groups (broad SMARTS) is 1. The lowest BCUT2D eigenvalue weighted by Crippen LogP contribution is -2.00. The zero-order valence-electron chi connectivity index (χ0n) is 9.32. The van der Waals surface area contributed by atoms with Crippen molar-refractivity contribution in [2.75, 3.05) is 0 Å². The third-order valence-electron chi connectivity index (χ3n) is 2.72. The molecule has 1 N–H and O–H groups in total. The fourth-order valence-corrected chi connectivity index (χ4v) is 1.88. The van der Waals surface area contributed by atoms with Crippen LogP contribution in [0.1, 0.15) is 10.4 Å². The van der Waals surface area contributed by atoms with Crippen molar-refractivity contribution in [1.29, 1.82) is 0 Å². The van der Waals surface area contributed by atoms with E-state index in [0.717, 1.165) is 11.1 Å². The summed E-state index contributed by atoms with van der Waals surface area (Å²) in [6, 6.07) is 11.1. The quantitative estimate of drug-likeness (QED) is 0.743. The van der Waals surface area contributed by atoms with E-state index in [1.54, 1.807) is 10.5 Å². The van der Waals surface area contributed by atoms with Crippen molar-refractivity contribution in [2.24, 2.45) is 0 Å². The number of carbonyl (C=O) groups is 1. The van der Waals surface area contributed by atoms with Gasteiger partial charge < -0.3 is 5.11 Å². The van der Waals surface area contributed by atoms with Gasteiger partial charge in [0.15, 0.2) is 5.65 Å². The second-order valence-corrected chi connectivity index (χ2v) is 3.88. The molecule has 0 spiro atoms. The number of rotatable bonds is 2. The molecule has 3 rings (SSSR count). The van der Waals surface area contributed by atoms with E-state index >= 15 is 0 Å². The maximum Gasteiger partial charge on any atom is 0.337 e. The van der Waals surface area contributed by atoms with Gasteiger partial charge in [-0.15, -0.1) is 10.2 Å². The smallest absolute Gasteiger partial charge is 0.337 e. The van der Waals surface area contributed by atoms with Gasteiger partial charge in [0.1, 0.15) is 6.33 Å². The molecular formula is C13H9N3O2. The molecule has 1 aromatic carbocycles. The molecule has 0 radical (unpaired) electrons. The van der Waals surface area contributed by atoms with Gasteiger partial charge in [-0.2, -0.15) is 0 Å². The van der Waals surface area contributed by atoms with Gasteiger partial charge in [-0.05, 0) is 11.6 Å². The summed E-state index contributed by atoms with van der Waals surface area (Å²) in [5.41, 5.74) is 2.53. The zero-order chi connectivity index (χ0) is 12.5. The van der Waals surface area contributed by atoms with Crippen LogP contribution < -0.4 is 0 Å². The van der Waals surface area contributed by atoms with Gasteiger partial charge in [0.2, 0.25) is 0 Å². The summed E-state index contributed by atoms with van der Waals surface area (Å²) in [5.74, 6) is -0.970. The van der Waals surface area contributed by atoms with Crippen molar-refractivity contribution < 1.29 is 9.90 Å². The van der Waals surface area contributed by atoms with Gasteiger partial charge >= 0.3 is 5.97 Å². The van der Waals surface area contributed by atoms with Gasteiger partial charge in [0.25, 0.3) is 0 Å². The number of hydrogen-bond acceptors (Lipinski definition) is 3. The Balaban J connectivity index is 2.33. The molecule has 18 heavy (non-hydrogen) atoms. The fraction of sp³-hybridized carbons (Fsp3) is 0. The Morgan fingerprint density at radius 3 is 2.72 bits per heavy atom. The van der Waals surface area contributed by atoms with E-state index in [1.807, 2.05) is 30.3 Å². The maximum absolute atomic E-state index is 11.1. The van der Waals surface area contributed by atoms with Gasteiger partial charge in [0.05, 0.1) is 5.56 Å². The third kappa shape index (κ3) is 1.62. The Labute approximate surface area is 102 Å². The van der Waals surface area contributed by atoms with Crippen LogP contribution in [0.2, 0.25) is 0 Å². The highest BCUT2D eigenvalue weighted by Crippen LogP contribution is 2.24. The number of hydrogen-bond donors (Lipinski definition) is 1. The molecule has 0 atom stereocenters. The molecule has 2 aromatic heterocycles. The molecule has 0 saturated heterocycles. The van der Waals surface area contributed by atoms with Crippen molar-refractivity contribution in [3.05, 3.63) is 54.5 Å². The van der Waals surface area contributed by atoms with Crippen molar-refractivity contribution in [1.82, 2.24) is 14.6 Å². The van der Waals surface area contributed by atoms with E-state index in [0.29, 0.717) is 5.65 Å². The van der Waals surface area contributed by atoms with E-state index in [9.17, 15) is 4.79 Å². The number of carboxylic acids is 1. The molecule has 0 aliphatic heterocycles. The molecule has 5 heteroatoms. The first-order chi connectivity index (χ1) is 8.75. The number of nitrogens with zero attached hydrogens (tertiary/aromatic N) is 3. The molecule has 0 fully saturated rings. The van der Waals surface area contributed by atoms with Gasteiger partial charge in [-0.25, -0.2) is 4.79 Å². The summed E-state index contributed by atoms with van der Waals surface area (Å²) in [7, 11) is 0. The normalized spacial score (nSPS) is 10.7. The molecule has 0 amide bonds. The first-order valence-corrected chi connectivity index (χ1v) is 5.38. The van der Waals surface area contributed by atoms with Crippen LogP contribution >= 0.6 is 0 Å². The second kappa shape index (κ2) is 3.96. The summed E-state index contributed by atoms with van der Waals surface area (Å²) in [4.78, 5) is 11.1. The van der Waals surface area contributed by atoms with E-state index in [-0.39, 0.29) is 5.56 Å². The minimum absolute atomic E-state index is 0.209. The standard InChI is InChI=1S/C13H9N3O2/c17-13(18)10-6-11(9-4-2-1-3-5-9)12-15-14-8-16(12)7-10/h1-8H,(H,17,18).